The van der Waals surface area contributed by atoms with Gasteiger partial charge in [0, 0.05) is 31.7 Å². The van der Waals surface area contributed by atoms with Gasteiger partial charge in [0.05, 0.1) is 0 Å². The molecule has 1 saturated heterocycles. The Bertz CT molecular complexity index is 426. The topological polar surface area (TPSA) is 23.6 Å². The third-order valence-electron chi connectivity index (χ3n) is 4.26. The average Bonchev–Trinajstić information content (AvgIpc) is 3.33. The highest BCUT2D eigenvalue weighted by molar-refractivity contribution is 5.47. The van der Waals surface area contributed by atoms with E-state index < -0.39 is 0 Å². The molecular weight excluding hydrogens is 260 g/mol. The van der Waals surface area contributed by atoms with Gasteiger partial charge >= 0.3 is 0 Å². The smallest absolute Gasteiger partial charge is 0.209 e. The van der Waals surface area contributed by atoms with Crippen LogP contribution < -0.4 is 0 Å². The number of carbonyl (C=O) groups excluding carboxylic acids is 1. The maximum Gasteiger partial charge on any atom is 0.209 e. The number of nitrogens with zero attached hydrogens (tertiary/aromatic N) is 2. The lowest BCUT2D eigenvalue weighted by molar-refractivity contribution is -0.120. The van der Waals surface area contributed by atoms with Gasteiger partial charge in [0.1, 0.15) is 0 Å². The molecule has 0 N–H and O–H groups in total. The van der Waals surface area contributed by atoms with Crippen LogP contribution in [0.4, 0.5) is 0 Å². The van der Waals surface area contributed by atoms with Crippen molar-refractivity contribution >= 4 is 6.41 Å². The van der Waals surface area contributed by atoms with Crippen LogP contribution in [0, 0.1) is 0 Å². The number of carbonyl (C=O) groups is 1. The van der Waals surface area contributed by atoms with Crippen LogP contribution in [0.25, 0.3) is 0 Å². The van der Waals surface area contributed by atoms with E-state index in [1.165, 1.54) is 18.4 Å². The van der Waals surface area contributed by atoms with Crippen molar-refractivity contribution in [1.82, 2.24) is 9.80 Å². The summed E-state index contributed by atoms with van der Waals surface area (Å²) in [5, 5.41) is 0. The molecule has 0 atom stereocenters. The molecule has 3 nitrogen and oxygen atoms in total. The van der Waals surface area contributed by atoms with Crippen LogP contribution in [-0.4, -0.2) is 47.9 Å². The minimum absolute atomic E-state index is 0.245. The number of rotatable bonds is 2. The van der Waals surface area contributed by atoms with Gasteiger partial charge in [0.15, 0.2) is 0 Å². The molecular formula is C18H28N2O. The average molecular weight is 288 g/mol. The molecule has 116 valence electrons. The maximum atomic E-state index is 10.4. The van der Waals surface area contributed by atoms with Crippen LogP contribution in [0.3, 0.4) is 0 Å². The second-order valence-corrected chi connectivity index (χ2v) is 6.98. The molecule has 2 fully saturated rings. The van der Waals surface area contributed by atoms with Crippen molar-refractivity contribution in [2.45, 2.75) is 45.1 Å². The Kier molecular flexibility index (Phi) is 5.40. The van der Waals surface area contributed by atoms with Crippen LogP contribution in [0.2, 0.25) is 0 Å². The first kappa shape index (κ1) is 16.0. The molecule has 0 aromatic heterocycles. The fourth-order valence-electron chi connectivity index (χ4n) is 2.64. The molecule has 3 heteroatoms. The zero-order valence-electron chi connectivity index (χ0n) is 13.6. The summed E-state index contributed by atoms with van der Waals surface area (Å²) in [5.74, 6) is 0.909. The number of benzene rings is 1. The first-order valence-corrected chi connectivity index (χ1v) is 8.00. The molecule has 1 heterocycles. The van der Waals surface area contributed by atoms with E-state index in [1.54, 1.807) is 0 Å². The SMILES string of the molecule is CC(C)(C)N1CCN(C=O)CC1.c1ccc(C2CC2)cc1. The highest BCUT2D eigenvalue weighted by atomic mass is 16.1. The van der Waals surface area contributed by atoms with Crippen molar-refractivity contribution in [2.24, 2.45) is 0 Å². The van der Waals surface area contributed by atoms with Crippen molar-refractivity contribution < 1.29 is 4.79 Å². The minimum atomic E-state index is 0.245. The van der Waals surface area contributed by atoms with E-state index in [-0.39, 0.29) is 5.54 Å². The van der Waals surface area contributed by atoms with Gasteiger partial charge in [-0.25, -0.2) is 0 Å². The Morgan fingerprint density at radius 1 is 1.00 bits per heavy atom. The Hall–Kier alpha value is -1.35. The Morgan fingerprint density at radius 3 is 2.00 bits per heavy atom. The summed E-state index contributed by atoms with van der Waals surface area (Å²) in [6, 6.07) is 10.8. The van der Waals surface area contributed by atoms with Gasteiger partial charge < -0.3 is 4.90 Å². The summed E-state index contributed by atoms with van der Waals surface area (Å²) in [6.45, 7) is 10.4. The number of hydrogen-bond donors (Lipinski definition) is 0. The molecule has 1 aromatic carbocycles. The van der Waals surface area contributed by atoms with Crippen molar-refractivity contribution in [1.29, 1.82) is 0 Å². The van der Waals surface area contributed by atoms with E-state index in [4.69, 9.17) is 0 Å². The predicted octanol–water partition coefficient (Wildman–Crippen LogP) is 3.12. The first-order chi connectivity index (χ1) is 10.0. The molecule has 0 bridgehead atoms. The van der Waals surface area contributed by atoms with E-state index in [1.807, 2.05) is 4.90 Å². The first-order valence-electron chi connectivity index (χ1n) is 8.00. The quantitative estimate of drug-likeness (QED) is 0.781. The lowest BCUT2D eigenvalue weighted by Crippen LogP contribution is -2.52. The van der Waals surface area contributed by atoms with Crippen molar-refractivity contribution in [3.8, 4) is 0 Å². The molecule has 1 aromatic rings. The van der Waals surface area contributed by atoms with E-state index >= 15 is 0 Å². The Labute approximate surface area is 128 Å². The van der Waals surface area contributed by atoms with E-state index in [0.29, 0.717) is 0 Å². The molecule has 0 unspecified atom stereocenters. The standard InChI is InChI=1S/C9H18N2O.C9H10/c1-9(2,3)11-6-4-10(8-12)5-7-11;1-2-4-8(5-3-1)9-6-7-9/h8H,4-7H2,1-3H3;1-5,9H,6-7H2. The maximum absolute atomic E-state index is 10.4. The van der Waals surface area contributed by atoms with Crippen LogP contribution in [0.5, 0.6) is 0 Å². The summed E-state index contributed by atoms with van der Waals surface area (Å²) < 4.78 is 0. The summed E-state index contributed by atoms with van der Waals surface area (Å²) in [4.78, 5) is 14.7. The Morgan fingerprint density at radius 2 is 1.57 bits per heavy atom. The summed E-state index contributed by atoms with van der Waals surface area (Å²) in [7, 11) is 0. The third-order valence-corrected chi connectivity index (χ3v) is 4.26. The number of piperazine rings is 1. The van der Waals surface area contributed by atoms with E-state index in [2.05, 4.69) is 56.0 Å². The molecule has 3 rings (SSSR count). The molecule has 1 saturated carbocycles. The zero-order valence-corrected chi connectivity index (χ0v) is 13.6. The summed E-state index contributed by atoms with van der Waals surface area (Å²) in [6.07, 6.45) is 3.76. The van der Waals surface area contributed by atoms with Crippen molar-refractivity contribution in [3.05, 3.63) is 35.9 Å². The summed E-state index contributed by atoms with van der Waals surface area (Å²) in [5.41, 5.74) is 1.77. The molecule has 0 radical (unpaired) electrons. The van der Waals surface area contributed by atoms with Gasteiger partial charge in [0.25, 0.3) is 0 Å². The zero-order chi connectivity index (χ0) is 15.3. The fraction of sp³-hybridized carbons (Fsp3) is 0.611. The van der Waals surface area contributed by atoms with E-state index in [9.17, 15) is 4.79 Å². The van der Waals surface area contributed by atoms with Crippen LogP contribution >= 0.6 is 0 Å². The van der Waals surface area contributed by atoms with Gasteiger partial charge in [-0.05, 0) is 45.1 Å². The van der Waals surface area contributed by atoms with Crippen LogP contribution in [0.1, 0.15) is 45.1 Å². The number of hydrogen-bond acceptors (Lipinski definition) is 2. The van der Waals surface area contributed by atoms with Gasteiger partial charge in [-0.3, -0.25) is 9.69 Å². The molecule has 2 aliphatic rings. The normalized spacial score (nSPS) is 19.7. The molecule has 1 aliphatic carbocycles. The fourth-order valence-corrected chi connectivity index (χ4v) is 2.64. The molecule has 0 spiro atoms. The van der Waals surface area contributed by atoms with Gasteiger partial charge in [-0.1, -0.05) is 30.3 Å². The van der Waals surface area contributed by atoms with E-state index in [0.717, 1.165) is 38.5 Å². The molecule has 1 amide bonds. The van der Waals surface area contributed by atoms with Crippen molar-refractivity contribution in [2.75, 3.05) is 26.2 Å². The van der Waals surface area contributed by atoms with Crippen molar-refractivity contribution in [3.63, 3.8) is 0 Å². The molecule has 1 aliphatic heterocycles. The van der Waals surface area contributed by atoms with Gasteiger partial charge in [-0.15, -0.1) is 0 Å². The lowest BCUT2D eigenvalue weighted by Gasteiger charge is -2.41. The highest BCUT2D eigenvalue weighted by Crippen LogP contribution is 2.39. The summed E-state index contributed by atoms with van der Waals surface area (Å²) >= 11 is 0. The van der Waals surface area contributed by atoms with Gasteiger partial charge in [0.2, 0.25) is 6.41 Å². The second-order valence-electron chi connectivity index (χ2n) is 6.98. The number of amides is 1. The minimum Gasteiger partial charge on any atom is -0.343 e. The Balaban J connectivity index is 0.000000159. The largest absolute Gasteiger partial charge is 0.343 e. The monoisotopic (exact) mass is 288 g/mol. The predicted molar refractivity (Wildman–Crippen MR) is 87.4 cm³/mol. The highest BCUT2D eigenvalue weighted by Gasteiger charge is 2.24. The second kappa shape index (κ2) is 7.08. The van der Waals surface area contributed by atoms with Crippen LogP contribution in [-0.2, 0) is 4.79 Å². The van der Waals surface area contributed by atoms with Crippen LogP contribution in [0.15, 0.2) is 30.3 Å². The van der Waals surface area contributed by atoms with Gasteiger partial charge in [-0.2, -0.15) is 0 Å². The lowest BCUT2D eigenvalue weighted by atomic mass is 10.1. The third kappa shape index (κ3) is 5.16. The molecule has 21 heavy (non-hydrogen) atoms.